The highest BCUT2D eigenvalue weighted by Crippen LogP contribution is 2.36. The molecule has 0 aromatic heterocycles. The van der Waals surface area contributed by atoms with Crippen LogP contribution in [0.3, 0.4) is 0 Å². The molecule has 2 amide bonds. The fourth-order valence-corrected chi connectivity index (χ4v) is 2.59. The van der Waals surface area contributed by atoms with E-state index in [0.29, 0.717) is 10.8 Å². The lowest BCUT2D eigenvalue weighted by Gasteiger charge is -2.17. The topological polar surface area (TPSA) is 86.7 Å². The monoisotopic (exact) mass is 330 g/mol. The van der Waals surface area contributed by atoms with Crippen LogP contribution >= 0.6 is 11.6 Å². The number of carbonyl (C=O) groups excluding carboxylic acids is 3. The number of fused-ring (bicyclic) bond motifs is 1. The molecule has 0 spiro atoms. The van der Waals surface area contributed by atoms with E-state index in [-0.39, 0.29) is 22.4 Å². The molecule has 6 nitrogen and oxygen atoms in total. The van der Waals surface area contributed by atoms with E-state index in [0.717, 1.165) is 11.0 Å². The van der Waals surface area contributed by atoms with E-state index in [2.05, 4.69) is 0 Å². The number of halogens is 1. The smallest absolute Gasteiger partial charge is 0.266 e. The summed E-state index contributed by atoms with van der Waals surface area (Å²) in [6.45, 7) is 0. The summed E-state index contributed by atoms with van der Waals surface area (Å²) >= 11 is 5.93. The maximum Gasteiger partial charge on any atom is 0.266 e. The summed E-state index contributed by atoms with van der Waals surface area (Å²) in [6, 6.07) is 8.17. The Morgan fingerprint density at radius 2 is 1.78 bits per heavy atom. The van der Waals surface area contributed by atoms with E-state index in [1.165, 1.54) is 31.4 Å². The van der Waals surface area contributed by atoms with Crippen LogP contribution in [0.2, 0.25) is 5.02 Å². The molecule has 1 aliphatic rings. The summed E-state index contributed by atoms with van der Waals surface area (Å²) in [4.78, 5) is 36.9. The van der Waals surface area contributed by atoms with Crippen LogP contribution in [-0.4, -0.2) is 24.9 Å². The Morgan fingerprint density at radius 1 is 1.09 bits per heavy atom. The third-order valence-corrected chi connectivity index (χ3v) is 3.74. The highest BCUT2D eigenvalue weighted by molar-refractivity contribution is 6.36. The van der Waals surface area contributed by atoms with Gasteiger partial charge in [0.1, 0.15) is 5.75 Å². The minimum atomic E-state index is -1.42. The fourth-order valence-electron chi connectivity index (χ4n) is 2.42. The van der Waals surface area contributed by atoms with E-state index in [1.807, 2.05) is 0 Å². The lowest BCUT2D eigenvalue weighted by atomic mass is 10.1. The number of aromatic carboxylic acids is 1. The van der Waals surface area contributed by atoms with Gasteiger partial charge in [-0.15, -0.1) is 0 Å². The van der Waals surface area contributed by atoms with Gasteiger partial charge in [-0.1, -0.05) is 17.7 Å². The summed E-state index contributed by atoms with van der Waals surface area (Å²) < 4.78 is 5.16. The van der Waals surface area contributed by atoms with E-state index in [4.69, 9.17) is 16.3 Å². The number of methoxy groups -OCH3 is 1. The van der Waals surface area contributed by atoms with Crippen molar-refractivity contribution in [3.05, 3.63) is 58.1 Å². The number of benzene rings is 2. The third-order valence-electron chi connectivity index (χ3n) is 3.50. The molecule has 2 aromatic carbocycles. The SMILES string of the molecule is COc1ccc(Cl)cc1N1C(=O)c2ccc(C(=O)[O-])cc2C1=O. The van der Waals surface area contributed by atoms with Crippen LogP contribution in [0, 0.1) is 0 Å². The Balaban J connectivity index is 2.14. The number of ether oxygens (including phenoxy) is 1. The molecule has 116 valence electrons. The van der Waals surface area contributed by atoms with Crippen molar-refractivity contribution in [1.29, 1.82) is 0 Å². The molecule has 0 atom stereocenters. The number of anilines is 1. The average molecular weight is 331 g/mol. The third kappa shape index (κ3) is 2.33. The van der Waals surface area contributed by atoms with E-state index < -0.39 is 17.8 Å². The first-order valence-electron chi connectivity index (χ1n) is 6.51. The number of imide groups is 1. The van der Waals surface area contributed by atoms with Gasteiger partial charge in [-0.2, -0.15) is 0 Å². The van der Waals surface area contributed by atoms with Crippen LogP contribution in [0.4, 0.5) is 5.69 Å². The molecule has 0 unspecified atom stereocenters. The Kier molecular flexibility index (Phi) is 3.54. The lowest BCUT2D eigenvalue weighted by Crippen LogP contribution is -2.29. The molecular formula is C16H9ClNO5-. The van der Waals surface area contributed by atoms with E-state index in [9.17, 15) is 19.5 Å². The van der Waals surface area contributed by atoms with Gasteiger partial charge < -0.3 is 14.6 Å². The standard InChI is InChI=1S/C16H10ClNO5/c1-23-13-5-3-9(17)7-12(13)18-14(19)10-4-2-8(16(21)22)6-11(10)15(18)20/h2-7H,1H3,(H,21,22)/p-1. The maximum atomic E-state index is 12.6. The van der Waals surface area contributed by atoms with Gasteiger partial charge in [0, 0.05) is 5.02 Å². The number of hydrogen-bond donors (Lipinski definition) is 0. The number of carbonyl (C=O) groups is 3. The van der Waals surface area contributed by atoms with Crippen LogP contribution in [-0.2, 0) is 0 Å². The minimum Gasteiger partial charge on any atom is -0.545 e. The van der Waals surface area contributed by atoms with Crippen molar-refractivity contribution in [2.24, 2.45) is 0 Å². The van der Waals surface area contributed by atoms with Crippen LogP contribution in [0.1, 0.15) is 31.1 Å². The number of amides is 2. The normalized spacial score (nSPS) is 13.2. The molecule has 0 saturated heterocycles. The molecule has 7 heteroatoms. The zero-order chi connectivity index (χ0) is 16.7. The van der Waals surface area contributed by atoms with Gasteiger partial charge in [-0.3, -0.25) is 9.59 Å². The molecule has 0 bridgehead atoms. The van der Waals surface area contributed by atoms with Crippen molar-refractivity contribution in [1.82, 2.24) is 0 Å². The molecule has 23 heavy (non-hydrogen) atoms. The maximum absolute atomic E-state index is 12.6. The Labute approximate surface area is 135 Å². The average Bonchev–Trinajstić information content (AvgIpc) is 2.78. The quantitative estimate of drug-likeness (QED) is 0.796. The molecule has 0 saturated carbocycles. The van der Waals surface area contributed by atoms with Gasteiger partial charge >= 0.3 is 0 Å². The van der Waals surface area contributed by atoms with Crippen molar-refractivity contribution >= 4 is 35.1 Å². The largest absolute Gasteiger partial charge is 0.545 e. The van der Waals surface area contributed by atoms with Gasteiger partial charge in [-0.05, 0) is 35.9 Å². The molecule has 0 aliphatic carbocycles. The zero-order valence-electron chi connectivity index (χ0n) is 11.8. The second-order valence-corrected chi connectivity index (χ2v) is 5.25. The highest BCUT2D eigenvalue weighted by Gasteiger charge is 2.38. The summed E-state index contributed by atoms with van der Waals surface area (Å²) in [7, 11) is 1.40. The van der Waals surface area contributed by atoms with Gasteiger partial charge in [-0.25, -0.2) is 4.90 Å². The predicted octanol–water partition coefficient (Wildman–Crippen LogP) is 1.51. The van der Waals surface area contributed by atoms with Crippen LogP contribution in [0.25, 0.3) is 0 Å². The van der Waals surface area contributed by atoms with Crippen LogP contribution in [0.5, 0.6) is 5.75 Å². The van der Waals surface area contributed by atoms with Gasteiger partial charge in [0.05, 0.1) is 29.9 Å². The van der Waals surface area contributed by atoms with Gasteiger partial charge in [0.2, 0.25) is 0 Å². The second-order valence-electron chi connectivity index (χ2n) is 4.81. The van der Waals surface area contributed by atoms with Crippen molar-refractivity contribution < 1.29 is 24.2 Å². The Bertz CT molecular complexity index is 862. The molecule has 1 heterocycles. The van der Waals surface area contributed by atoms with Crippen LogP contribution < -0.4 is 14.7 Å². The van der Waals surface area contributed by atoms with Crippen LogP contribution in [0.15, 0.2) is 36.4 Å². The summed E-state index contributed by atoms with van der Waals surface area (Å²) in [5.41, 5.74) is 0.131. The first-order valence-corrected chi connectivity index (χ1v) is 6.89. The van der Waals surface area contributed by atoms with Gasteiger partial charge in [0.25, 0.3) is 11.8 Å². The number of carboxylic acid groups (broad SMARTS) is 1. The molecule has 2 aromatic rings. The van der Waals surface area contributed by atoms with E-state index >= 15 is 0 Å². The second kappa shape index (κ2) is 5.40. The summed E-state index contributed by atoms with van der Waals surface area (Å²) in [5.74, 6) is -2.35. The van der Waals surface area contributed by atoms with Gasteiger partial charge in [0.15, 0.2) is 0 Å². The van der Waals surface area contributed by atoms with Crippen molar-refractivity contribution in [3.63, 3.8) is 0 Å². The summed E-state index contributed by atoms with van der Waals surface area (Å²) in [5, 5.41) is 11.3. The number of rotatable bonds is 3. The highest BCUT2D eigenvalue weighted by atomic mass is 35.5. The summed E-state index contributed by atoms with van der Waals surface area (Å²) in [6.07, 6.45) is 0. The number of carboxylic acids is 1. The minimum absolute atomic E-state index is 0.00118. The molecule has 0 fully saturated rings. The molecule has 1 aliphatic heterocycles. The van der Waals surface area contributed by atoms with Crippen molar-refractivity contribution in [2.45, 2.75) is 0 Å². The molecular weight excluding hydrogens is 322 g/mol. The molecule has 0 radical (unpaired) electrons. The van der Waals surface area contributed by atoms with Crippen molar-refractivity contribution in [2.75, 3.05) is 12.0 Å². The van der Waals surface area contributed by atoms with Crippen molar-refractivity contribution in [3.8, 4) is 5.75 Å². The first-order chi connectivity index (χ1) is 10.9. The fraction of sp³-hybridized carbons (Fsp3) is 0.0625. The number of nitrogens with zero attached hydrogens (tertiary/aromatic N) is 1. The Hall–Kier alpha value is -2.86. The molecule has 0 N–H and O–H groups in total. The Morgan fingerprint density at radius 3 is 2.43 bits per heavy atom. The van der Waals surface area contributed by atoms with E-state index in [1.54, 1.807) is 6.07 Å². The number of hydrogen-bond acceptors (Lipinski definition) is 5. The molecule has 3 rings (SSSR count). The zero-order valence-corrected chi connectivity index (χ0v) is 12.6. The first kappa shape index (κ1) is 15.1. The predicted molar refractivity (Wildman–Crippen MR) is 79.9 cm³/mol. The lowest BCUT2D eigenvalue weighted by molar-refractivity contribution is -0.255.